The number of nitrogens with one attached hydrogen (secondary N) is 2. The minimum atomic E-state index is -4.17. The zero-order chi connectivity index (χ0) is 18.9. The van der Waals surface area contributed by atoms with Gasteiger partial charge in [-0.15, -0.1) is 0 Å². The van der Waals surface area contributed by atoms with Crippen LogP contribution in [0.2, 0.25) is 0 Å². The monoisotopic (exact) mass is 359 g/mol. The molecule has 0 aromatic heterocycles. The third kappa shape index (κ3) is 10.7. The number of nitrogens with zero attached hydrogens (tertiary/aromatic N) is 1. The number of halogens is 3. The fourth-order valence-corrected chi connectivity index (χ4v) is 1.95. The van der Waals surface area contributed by atoms with Crippen molar-refractivity contribution in [1.82, 2.24) is 10.6 Å². The molecule has 25 heavy (non-hydrogen) atoms. The van der Waals surface area contributed by atoms with Crippen LogP contribution in [0, 0.1) is 0 Å². The smallest absolute Gasteiger partial charge is 0.371 e. The standard InChI is InChI=1S/C18H28F3N3O/c1-5-22-16(23-10-9-18(19,20)21)24-12-14-7-6-8-15(11-14)13-25-17(2,3)4/h6-8,11H,5,9-10,12-13H2,1-4H3,(H2,22,23,24). The van der Waals surface area contributed by atoms with E-state index in [1.807, 2.05) is 52.0 Å². The molecule has 142 valence electrons. The van der Waals surface area contributed by atoms with Crippen LogP contribution in [0.4, 0.5) is 13.2 Å². The number of ether oxygens (including phenoxy) is 1. The number of guanidine groups is 1. The second kappa shape index (κ2) is 9.65. The highest BCUT2D eigenvalue weighted by Gasteiger charge is 2.26. The molecule has 0 unspecified atom stereocenters. The van der Waals surface area contributed by atoms with Crippen molar-refractivity contribution in [2.75, 3.05) is 13.1 Å². The summed E-state index contributed by atoms with van der Waals surface area (Å²) in [5.41, 5.74) is 1.80. The molecular formula is C18H28F3N3O. The van der Waals surface area contributed by atoms with E-state index in [1.54, 1.807) is 0 Å². The largest absolute Gasteiger partial charge is 0.390 e. The molecule has 0 spiro atoms. The summed E-state index contributed by atoms with van der Waals surface area (Å²) >= 11 is 0. The molecule has 2 N–H and O–H groups in total. The van der Waals surface area contributed by atoms with Gasteiger partial charge in [-0.1, -0.05) is 24.3 Å². The van der Waals surface area contributed by atoms with Gasteiger partial charge < -0.3 is 15.4 Å². The van der Waals surface area contributed by atoms with Crippen molar-refractivity contribution in [3.8, 4) is 0 Å². The minimum absolute atomic E-state index is 0.200. The maximum absolute atomic E-state index is 12.2. The fraction of sp³-hybridized carbons (Fsp3) is 0.611. The Balaban J connectivity index is 2.62. The average molecular weight is 359 g/mol. The number of alkyl halides is 3. The predicted molar refractivity (Wildman–Crippen MR) is 94.5 cm³/mol. The summed E-state index contributed by atoms with van der Waals surface area (Å²) in [6.45, 7) is 9.12. The number of benzene rings is 1. The zero-order valence-corrected chi connectivity index (χ0v) is 15.3. The summed E-state index contributed by atoms with van der Waals surface area (Å²) < 4.78 is 42.4. The van der Waals surface area contributed by atoms with Crippen LogP contribution in [0.1, 0.15) is 45.2 Å². The van der Waals surface area contributed by atoms with Crippen LogP contribution in [0.25, 0.3) is 0 Å². The molecule has 1 rings (SSSR count). The van der Waals surface area contributed by atoms with E-state index in [-0.39, 0.29) is 12.1 Å². The van der Waals surface area contributed by atoms with E-state index in [0.29, 0.717) is 25.7 Å². The Hall–Kier alpha value is -1.76. The number of aliphatic imine (C=N–C) groups is 1. The Labute approximate surface area is 147 Å². The van der Waals surface area contributed by atoms with Gasteiger partial charge >= 0.3 is 6.18 Å². The summed E-state index contributed by atoms with van der Waals surface area (Å²) in [5, 5.41) is 5.65. The molecule has 0 atom stereocenters. The van der Waals surface area contributed by atoms with Gasteiger partial charge in [0.1, 0.15) is 0 Å². The van der Waals surface area contributed by atoms with Gasteiger partial charge in [-0.05, 0) is 38.8 Å². The van der Waals surface area contributed by atoms with Crippen molar-refractivity contribution in [1.29, 1.82) is 0 Å². The van der Waals surface area contributed by atoms with E-state index in [1.165, 1.54) is 0 Å². The molecule has 0 aliphatic carbocycles. The molecule has 0 radical (unpaired) electrons. The van der Waals surface area contributed by atoms with Gasteiger partial charge in [0, 0.05) is 13.1 Å². The first-order chi connectivity index (χ1) is 11.6. The highest BCUT2D eigenvalue weighted by Crippen LogP contribution is 2.18. The van der Waals surface area contributed by atoms with Gasteiger partial charge in [-0.3, -0.25) is 0 Å². The quantitative estimate of drug-likeness (QED) is 0.571. The number of hydrogen-bond acceptors (Lipinski definition) is 2. The number of hydrogen-bond donors (Lipinski definition) is 2. The summed E-state index contributed by atoms with van der Waals surface area (Å²) in [4.78, 5) is 4.34. The SMILES string of the molecule is CCNC(=NCc1cccc(COC(C)(C)C)c1)NCCC(F)(F)F. The van der Waals surface area contributed by atoms with Crippen LogP contribution in [0.5, 0.6) is 0 Å². The van der Waals surface area contributed by atoms with E-state index in [4.69, 9.17) is 4.74 Å². The lowest BCUT2D eigenvalue weighted by Crippen LogP contribution is -2.38. The Morgan fingerprint density at radius 3 is 2.40 bits per heavy atom. The van der Waals surface area contributed by atoms with Crippen LogP contribution in [-0.4, -0.2) is 30.8 Å². The molecule has 0 heterocycles. The van der Waals surface area contributed by atoms with Gasteiger partial charge in [0.25, 0.3) is 0 Å². The van der Waals surface area contributed by atoms with Crippen LogP contribution >= 0.6 is 0 Å². The predicted octanol–water partition coefficient (Wildman–Crippen LogP) is 4.01. The molecule has 1 aromatic rings. The van der Waals surface area contributed by atoms with Crippen LogP contribution in [-0.2, 0) is 17.9 Å². The van der Waals surface area contributed by atoms with E-state index in [0.717, 1.165) is 11.1 Å². The average Bonchev–Trinajstić information content (AvgIpc) is 2.49. The van der Waals surface area contributed by atoms with E-state index in [2.05, 4.69) is 15.6 Å². The number of rotatable bonds is 7. The Bertz CT molecular complexity index is 551. The molecule has 0 bridgehead atoms. The molecule has 7 heteroatoms. The summed E-state index contributed by atoms with van der Waals surface area (Å²) in [6.07, 6.45) is -5.07. The van der Waals surface area contributed by atoms with Crippen molar-refractivity contribution in [2.45, 2.75) is 59.0 Å². The van der Waals surface area contributed by atoms with Crippen molar-refractivity contribution >= 4 is 5.96 Å². The van der Waals surface area contributed by atoms with E-state index < -0.39 is 12.6 Å². The molecule has 0 saturated heterocycles. The molecule has 4 nitrogen and oxygen atoms in total. The van der Waals surface area contributed by atoms with Gasteiger partial charge in [0.05, 0.1) is 25.2 Å². The topological polar surface area (TPSA) is 45.7 Å². The normalized spacial score (nSPS) is 13.0. The lowest BCUT2D eigenvalue weighted by Gasteiger charge is -2.19. The second-order valence-electron chi connectivity index (χ2n) is 6.71. The van der Waals surface area contributed by atoms with Gasteiger partial charge in [0.15, 0.2) is 5.96 Å². The van der Waals surface area contributed by atoms with Gasteiger partial charge in [-0.25, -0.2) is 4.99 Å². The van der Waals surface area contributed by atoms with Crippen LogP contribution < -0.4 is 10.6 Å². The third-order valence-corrected chi connectivity index (χ3v) is 3.13. The molecule has 0 amide bonds. The summed E-state index contributed by atoms with van der Waals surface area (Å²) in [6, 6.07) is 7.83. The molecule has 0 aliphatic heterocycles. The molecule has 0 saturated carbocycles. The van der Waals surface area contributed by atoms with E-state index in [9.17, 15) is 13.2 Å². The summed E-state index contributed by atoms with van der Waals surface area (Å²) in [7, 11) is 0. The first kappa shape index (κ1) is 21.3. The first-order valence-electron chi connectivity index (χ1n) is 8.40. The first-order valence-corrected chi connectivity index (χ1v) is 8.40. The van der Waals surface area contributed by atoms with Crippen molar-refractivity contribution < 1.29 is 17.9 Å². The summed E-state index contributed by atoms with van der Waals surface area (Å²) in [5.74, 6) is 0.378. The van der Waals surface area contributed by atoms with Crippen LogP contribution in [0.15, 0.2) is 29.3 Å². The van der Waals surface area contributed by atoms with Crippen molar-refractivity contribution in [2.24, 2.45) is 4.99 Å². The zero-order valence-electron chi connectivity index (χ0n) is 15.3. The highest BCUT2D eigenvalue weighted by molar-refractivity contribution is 5.79. The van der Waals surface area contributed by atoms with Crippen LogP contribution in [0.3, 0.4) is 0 Å². The van der Waals surface area contributed by atoms with Gasteiger partial charge in [0.2, 0.25) is 0 Å². The lowest BCUT2D eigenvalue weighted by molar-refractivity contribution is -0.132. The Morgan fingerprint density at radius 2 is 1.80 bits per heavy atom. The Morgan fingerprint density at radius 1 is 1.12 bits per heavy atom. The fourth-order valence-electron chi connectivity index (χ4n) is 1.95. The van der Waals surface area contributed by atoms with Gasteiger partial charge in [-0.2, -0.15) is 13.2 Å². The molecule has 0 fully saturated rings. The lowest BCUT2D eigenvalue weighted by atomic mass is 10.1. The highest BCUT2D eigenvalue weighted by atomic mass is 19.4. The molecule has 0 aliphatic rings. The second-order valence-corrected chi connectivity index (χ2v) is 6.71. The van der Waals surface area contributed by atoms with E-state index >= 15 is 0 Å². The van der Waals surface area contributed by atoms with Crippen molar-refractivity contribution in [3.63, 3.8) is 0 Å². The Kier molecular flexibility index (Phi) is 8.22. The maximum Gasteiger partial charge on any atom is 0.390 e. The third-order valence-electron chi connectivity index (χ3n) is 3.13. The van der Waals surface area contributed by atoms with Crippen molar-refractivity contribution in [3.05, 3.63) is 35.4 Å². The minimum Gasteiger partial charge on any atom is -0.371 e. The molecule has 1 aromatic carbocycles. The molecular weight excluding hydrogens is 331 g/mol. The maximum atomic E-state index is 12.2.